The summed E-state index contributed by atoms with van der Waals surface area (Å²) >= 11 is 3.46. The molecule has 0 aliphatic rings. The molecule has 0 spiro atoms. The number of hydrogen-bond donors (Lipinski definition) is 0. The Kier molecular flexibility index (Phi) is 12.6. The maximum Gasteiger partial charge on any atom is 0.330 e. The fourth-order valence-corrected chi connectivity index (χ4v) is 2.78. The first kappa shape index (κ1) is 20.0. The third kappa shape index (κ3) is 12.1. The van der Waals surface area contributed by atoms with Gasteiger partial charge >= 0.3 is 5.97 Å². The molecule has 0 aromatic heterocycles. The number of benzene rings is 1. The first-order valence-electron chi connectivity index (χ1n) is 8.79. The fourth-order valence-electron chi connectivity index (χ4n) is 2.38. The van der Waals surface area contributed by atoms with Crippen LogP contribution in [0.4, 0.5) is 0 Å². The van der Waals surface area contributed by atoms with E-state index in [9.17, 15) is 4.79 Å². The second kappa shape index (κ2) is 14.5. The van der Waals surface area contributed by atoms with Crippen molar-refractivity contribution < 1.29 is 9.53 Å². The van der Waals surface area contributed by atoms with Crippen molar-refractivity contribution in [1.29, 1.82) is 0 Å². The summed E-state index contributed by atoms with van der Waals surface area (Å²) in [5.41, 5.74) is 1.01. The number of esters is 1. The molecule has 1 aromatic carbocycles. The average molecular weight is 381 g/mol. The first-order chi connectivity index (χ1) is 11.3. The number of hydrogen-bond acceptors (Lipinski definition) is 2. The Morgan fingerprint density at radius 3 is 2.04 bits per heavy atom. The van der Waals surface area contributed by atoms with E-state index in [2.05, 4.69) is 15.9 Å². The van der Waals surface area contributed by atoms with Crippen LogP contribution >= 0.6 is 15.9 Å². The molecule has 1 aromatic rings. The van der Waals surface area contributed by atoms with Gasteiger partial charge in [0, 0.05) is 11.4 Å². The van der Waals surface area contributed by atoms with Crippen molar-refractivity contribution >= 4 is 28.0 Å². The number of alkyl halides is 1. The van der Waals surface area contributed by atoms with Gasteiger partial charge in [-0.2, -0.15) is 0 Å². The summed E-state index contributed by atoms with van der Waals surface area (Å²) in [5.74, 6) is -0.249. The molecule has 0 atom stereocenters. The molecule has 23 heavy (non-hydrogen) atoms. The molecule has 0 amide bonds. The molecule has 0 saturated heterocycles. The average Bonchev–Trinajstić information content (AvgIpc) is 2.59. The zero-order valence-electron chi connectivity index (χ0n) is 14.0. The molecule has 0 radical (unpaired) electrons. The standard InChI is InChI=1S/C20H29BrO2/c21-17-11-6-4-2-1-3-5-7-12-18-23-20(22)16-15-19-13-9-8-10-14-19/h8-10,13-16H,1-7,11-12,17-18H2/b16-15+. The second-order valence-electron chi connectivity index (χ2n) is 5.78. The Morgan fingerprint density at radius 1 is 0.870 bits per heavy atom. The number of carbonyl (C=O) groups excluding carboxylic acids is 1. The van der Waals surface area contributed by atoms with Crippen LogP contribution in [0.3, 0.4) is 0 Å². The van der Waals surface area contributed by atoms with Gasteiger partial charge in [0.25, 0.3) is 0 Å². The van der Waals surface area contributed by atoms with E-state index in [0.717, 1.165) is 23.7 Å². The van der Waals surface area contributed by atoms with Crippen molar-refractivity contribution in [3.63, 3.8) is 0 Å². The highest BCUT2D eigenvalue weighted by atomic mass is 79.9. The molecule has 128 valence electrons. The van der Waals surface area contributed by atoms with Crippen molar-refractivity contribution in [1.82, 2.24) is 0 Å². The third-order valence-electron chi connectivity index (χ3n) is 3.73. The van der Waals surface area contributed by atoms with E-state index in [1.165, 1.54) is 51.0 Å². The van der Waals surface area contributed by atoms with Crippen molar-refractivity contribution in [2.75, 3.05) is 11.9 Å². The molecule has 0 aliphatic carbocycles. The maximum atomic E-state index is 11.6. The predicted molar refractivity (Wildman–Crippen MR) is 102 cm³/mol. The number of ether oxygens (including phenoxy) is 1. The van der Waals surface area contributed by atoms with Crippen LogP contribution in [0.5, 0.6) is 0 Å². The minimum atomic E-state index is -0.249. The van der Waals surface area contributed by atoms with Gasteiger partial charge in [-0.1, -0.05) is 91.2 Å². The van der Waals surface area contributed by atoms with Crippen LogP contribution in [-0.2, 0) is 9.53 Å². The SMILES string of the molecule is O=C(/C=C/c1ccccc1)OCCCCCCCCCCCBr. The Balaban J connectivity index is 1.91. The maximum absolute atomic E-state index is 11.6. The lowest BCUT2D eigenvalue weighted by atomic mass is 10.1. The Hall–Kier alpha value is -1.09. The van der Waals surface area contributed by atoms with Gasteiger partial charge in [0.2, 0.25) is 0 Å². The molecule has 0 saturated carbocycles. The van der Waals surface area contributed by atoms with Gasteiger partial charge in [0.05, 0.1) is 6.61 Å². The van der Waals surface area contributed by atoms with E-state index < -0.39 is 0 Å². The largest absolute Gasteiger partial charge is 0.463 e. The molecule has 0 bridgehead atoms. The molecule has 1 rings (SSSR count). The topological polar surface area (TPSA) is 26.3 Å². The Labute approximate surface area is 149 Å². The zero-order chi connectivity index (χ0) is 16.6. The lowest BCUT2D eigenvalue weighted by Crippen LogP contribution is -2.02. The molecule has 0 aliphatic heterocycles. The number of rotatable bonds is 13. The zero-order valence-corrected chi connectivity index (χ0v) is 15.6. The molecule has 0 fully saturated rings. The highest BCUT2D eigenvalue weighted by Crippen LogP contribution is 2.10. The van der Waals surface area contributed by atoms with Gasteiger partial charge in [0.1, 0.15) is 0 Å². The van der Waals surface area contributed by atoms with Crippen LogP contribution in [0.1, 0.15) is 63.4 Å². The van der Waals surface area contributed by atoms with Gasteiger partial charge in [-0.3, -0.25) is 0 Å². The van der Waals surface area contributed by atoms with Crippen molar-refractivity contribution in [2.24, 2.45) is 0 Å². The Bertz CT molecular complexity index is 429. The number of unbranched alkanes of at least 4 members (excludes halogenated alkanes) is 8. The molecular formula is C20H29BrO2. The van der Waals surface area contributed by atoms with Crippen LogP contribution in [0.2, 0.25) is 0 Å². The first-order valence-corrected chi connectivity index (χ1v) is 9.91. The normalized spacial score (nSPS) is 11.0. The van der Waals surface area contributed by atoms with E-state index in [0.29, 0.717) is 6.61 Å². The summed E-state index contributed by atoms with van der Waals surface area (Å²) in [6.07, 6.45) is 14.6. The number of halogens is 1. The fraction of sp³-hybridized carbons (Fsp3) is 0.550. The van der Waals surface area contributed by atoms with Gasteiger partial charge in [0.15, 0.2) is 0 Å². The van der Waals surface area contributed by atoms with E-state index in [4.69, 9.17) is 4.74 Å². The molecule has 0 N–H and O–H groups in total. The monoisotopic (exact) mass is 380 g/mol. The highest BCUT2D eigenvalue weighted by molar-refractivity contribution is 9.09. The summed E-state index contributed by atoms with van der Waals surface area (Å²) in [4.78, 5) is 11.6. The van der Waals surface area contributed by atoms with Crippen molar-refractivity contribution in [3.8, 4) is 0 Å². The molecule has 0 unspecified atom stereocenters. The van der Waals surface area contributed by atoms with E-state index in [1.54, 1.807) is 6.08 Å². The van der Waals surface area contributed by atoms with Crippen molar-refractivity contribution in [3.05, 3.63) is 42.0 Å². The van der Waals surface area contributed by atoms with Crippen LogP contribution < -0.4 is 0 Å². The van der Waals surface area contributed by atoms with Crippen LogP contribution in [0.15, 0.2) is 36.4 Å². The summed E-state index contributed by atoms with van der Waals surface area (Å²) in [5, 5.41) is 1.13. The predicted octanol–water partition coefficient (Wildman–Crippen LogP) is 6.15. The van der Waals surface area contributed by atoms with Crippen molar-refractivity contribution in [2.45, 2.75) is 57.8 Å². The van der Waals surface area contributed by atoms with E-state index in [1.807, 2.05) is 30.3 Å². The van der Waals surface area contributed by atoms with Crippen LogP contribution in [-0.4, -0.2) is 17.9 Å². The molecule has 3 heteroatoms. The van der Waals surface area contributed by atoms with Gasteiger partial charge in [-0.25, -0.2) is 4.79 Å². The highest BCUT2D eigenvalue weighted by Gasteiger charge is 1.97. The third-order valence-corrected chi connectivity index (χ3v) is 4.29. The minimum Gasteiger partial charge on any atom is -0.463 e. The summed E-state index contributed by atoms with van der Waals surface area (Å²) < 4.78 is 5.21. The Morgan fingerprint density at radius 2 is 1.43 bits per heavy atom. The lowest BCUT2D eigenvalue weighted by Gasteiger charge is -2.03. The van der Waals surface area contributed by atoms with Gasteiger partial charge in [-0.15, -0.1) is 0 Å². The van der Waals surface area contributed by atoms with Crippen LogP contribution in [0.25, 0.3) is 6.08 Å². The molecule has 2 nitrogen and oxygen atoms in total. The second-order valence-corrected chi connectivity index (χ2v) is 6.58. The van der Waals surface area contributed by atoms with Crippen LogP contribution in [0, 0.1) is 0 Å². The summed E-state index contributed by atoms with van der Waals surface area (Å²) in [7, 11) is 0. The van der Waals surface area contributed by atoms with E-state index >= 15 is 0 Å². The quantitative estimate of drug-likeness (QED) is 0.177. The summed E-state index contributed by atoms with van der Waals surface area (Å²) in [6, 6.07) is 9.78. The smallest absolute Gasteiger partial charge is 0.330 e. The number of carbonyl (C=O) groups is 1. The molecular weight excluding hydrogens is 352 g/mol. The van der Waals surface area contributed by atoms with Gasteiger partial charge in [-0.05, 0) is 24.5 Å². The lowest BCUT2D eigenvalue weighted by molar-refractivity contribution is -0.137. The van der Waals surface area contributed by atoms with Gasteiger partial charge < -0.3 is 4.74 Å². The summed E-state index contributed by atoms with van der Waals surface area (Å²) in [6.45, 7) is 0.531. The minimum absolute atomic E-state index is 0.249. The van der Waals surface area contributed by atoms with E-state index in [-0.39, 0.29) is 5.97 Å². The molecule has 0 heterocycles.